The van der Waals surface area contributed by atoms with Crippen LogP contribution in [0.25, 0.3) is 0 Å². The van der Waals surface area contributed by atoms with Gasteiger partial charge in [-0.2, -0.15) is 13.2 Å². The highest BCUT2D eigenvalue weighted by Crippen LogP contribution is 2.31. The fraction of sp³-hybridized carbons (Fsp3) is 0.250. The molecular formula is C16H15F4NO. The maximum absolute atomic E-state index is 13.8. The van der Waals surface area contributed by atoms with Gasteiger partial charge < -0.3 is 10.8 Å². The van der Waals surface area contributed by atoms with Crippen LogP contribution >= 0.6 is 0 Å². The maximum Gasteiger partial charge on any atom is 0.416 e. The molecule has 0 radical (unpaired) electrons. The summed E-state index contributed by atoms with van der Waals surface area (Å²) in [6.45, 7) is 0. The molecule has 2 nitrogen and oxygen atoms in total. The second kappa shape index (κ2) is 6.46. The Kier molecular flexibility index (Phi) is 4.83. The summed E-state index contributed by atoms with van der Waals surface area (Å²) in [6, 6.07) is 9.94. The van der Waals surface area contributed by atoms with Gasteiger partial charge in [-0.3, -0.25) is 0 Å². The normalized spacial score (nSPS) is 14.6. The molecular weight excluding hydrogens is 298 g/mol. The van der Waals surface area contributed by atoms with Gasteiger partial charge in [0.1, 0.15) is 5.82 Å². The van der Waals surface area contributed by atoms with Crippen LogP contribution in [0.5, 0.6) is 0 Å². The topological polar surface area (TPSA) is 46.2 Å². The molecule has 22 heavy (non-hydrogen) atoms. The molecule has 6 heteroatoms. The van der Waals surface area contributed by atoms with Crippen LogP contribution in [0.4, 0.5) is 17.6 Å². The lowest BCUT2D eigenvalue weighted by Crippen LogP contribution is -2.29. The second-order valence-electron chi connectivity index (χ2n) is 5.02. The first-order valence-corrected chi connectivity index (χ1v) is 6.63. The molecule has 2 aromatic rings. The van der Waals surface area contributed by atoms with Crippen molar-refractivity contribution in [3.8, 4) is 0 Å². The Morgan fingerprint density at radius 1 is 1.05 bits per heavy atom. The fourth-order valence-electron chi connectivity index (χ4n) is 2.16. The zero-order chi connectivity index (χ0) is 16.3. The van der Waals surface area contributed by atoms with Crippen molar-refractivity contribution < 1.29 is 22.7 Å². The number of hydrogen-bond donors (Lipinski definition) is 2. The lowest BCUT2D eigenvalue weighted by atomic mass is 9.95. The summed E-state index contributed by atoms with van der Waals surface area (Å²) < 4.78 is 51.3. The van der Waals surface area contributed by atoms with Gasteiger partial charge in [-0.1, -0.05) is 36.4 Å². The first-order chi connectivity index (χ1) is 10.3. The van der Waals surface area contributed by atoms with Crippen molar-refractivity contribution >= 4 is 0 Å². The van der Waals surface area contributed by atoms with E-state index in [-0.39, 0.29) is 12.0 Å². The smallest absolute Gasteiger partial charge is 0.391 e. The lowest BCUT2D eigenvalue weighted by molar-refractivity contribution is -0.137. The van der Waals surface area contributed by atoms with Crippen LogP contribution in [-0.4, -0.2) is 11.2 Å². The lowest BCUT2D eigenvalue weighted by Gasteiger charge is -2.20. The molecule has 0 bridgehead atoms. The second-order valence-corrected chi connectivity index (χ2v) is 5.02. The van der Waals surface area contributed by atoms with Crippen molar-refractivity contribution in [2.24, 2.45) is 5.73 Å². The molecule has 0 fully saturated rings. The van der Waals surface area contributed by atoms with E-state index in [9.17, 15) is 22.7 Å². The van der Waals surface area contributed by atoms with Crippen LogP contribution in [0.3, 0.4) is 0 Å². The first kappa shape index (κ1) is 16.5. The highest BCUT2D eigenvalue weighted by Gasteiger charge is 2.32. The van der Waals surface area contributed by atoms with Gasteiger partial charge in [-0.15, -0.1) is 0 Å². The Balaban J connectivity index is 2.17. The Bertz CT molecular complexity index is 628. The number of aliphatic hydroxyl groups is 1. The molecule has 0 amide bonds. The van der Waals surface area contributed by atoms with Crippen LogP contribution in [0.15, 0.2) is 48.5 Å². The summed E-state index contributed by atoms with van der Waals surface area (Å²) >= 11 is 0. The Morgan fingerprint density at radius 3 is 2.23 bits per heavy atom. The monoisotopic (exact) mass is 313 g/mol. The van der Waals surface area contributed by atoms with Crippen LogP contribution in [0.1, 0.15) is 22.7 Å². The highest BCUT2D eigenvalue weighted by atomic mass is 19.4. The third-order valence-electron chi connectivity index (χ3n) is 3.39. The van der Waals surface area contributed by atoms with Gasteiger partial charge in [-0.25, -0.2) is 4.39 Å². The van der Waals surface area contributed by atoms with Gasteiger partial charge in [0, 0.05) is 12.0 Å². The molecule has 0 unspecified atom stereocenters. The summed E-state index contributed by atoms with van der Waals surface area (Å²) in [5.41, 5.74) is 5.35. The summed E-state index contributed by atoms with van der Waals surface area (Å²) in [5.74, 6) is -1.07. The van der Waals surface area contributed by atoms with E-state index in [0.29, 0.717) is 6.07 Å². The van der Waals surface area contributed by atoms with Crippen LogP contribution < -0.4 is 5.73 Å². The first-order valence-electron chi connectivity index (χ1n) is 6.63. The quantitative estimate of drug-likeness (QED) is 0.849. The van der Waals surface area contributed by atoms with Gasteiger partial charge in [-0.05, 0) is 17.7 Å². The Labute approximate surface area is 125 Å². The van der Waals surface area contributed by atoms with E-state index in [4.69, 9.17) is 5.73 Å². The zero-order valence-electron chi connectivity index (χ0n) is 11.5. The van der Waals surface area contributed by atoms with Gasteiger partial charge in [0.15, 0.2) is 0 Å². The van der Waals surface area contributed by atoms with Gasteiger partial charge in [0.25, 0.3) is 0 Å². The zero-order valence-corrected chi connectivity index (χ0v) is 11.5. The van der Waals surface area contributed by atoms with E-state index in [1.807, 2.05) is 6.07 Å². The Hall–Kier alpha value is -1.92. The van der Waals surface area contributed by atoms with Crippen LogP contribution in [0.2, 0.25) is 0 Å². The molecule has 0 heterocycles. The molecule has 0 aliphatic heterocycles. The Morgan fingerprint density at radius 2 is 1.68 bits per heavy atom. The maximum atomic E-state index is 13.8. The van der Waals surface area contributed by atoms with Crippen molar-refractivity contribution in [1.82, 2.24) is 0 Å². The molecule has 0 aliphatic carbocycles. The van der Waals surface area contributed by atoms with Crippen molar-refractivity contribution in [3.05, 3.63) is 71.0 Å². The number of benzene rings is 2. The number of aliphatic hydroxyl groups excluding tert-OH is 1. The number of nitrogens with two attached hydrogens (primary N) is 1. The van der Waals surface area contributed by atoms with Gasteiger partial charge in [0.05, 0.1) is 17.7 Å². The molecule has 0 spiro atoms. The molecule has 3 N–H and O–H groups in total. The van der Waals surface area contributed by atoms with Crippen molar-refractivity contribution in [2.45, 2.75) is 24.7 Å². The minimum absolute atomic E-state index is 0.142. The SMILES string of the molecule is N[C@@H](c1ccc(C(F)(F)F)cc1F)[C@H](O)Cc1ccccc1. The largest absolute Gasteiger partial charge is 0.416 e. The molecule has 0 aromatic heterocycles. The van der Waals surface area contributed by atoms with E-state index < -0.39 is 29.7 Å². The molecule has 2 rings (SSSR count). The van der Waals surface area contributed by atoms with Gasteiger partial charge >= 0.3 is 6.18 Å². The molecule has 118 valence electrons. The predicted molar refractivity (Wildman–Crippen MR) is 74.5 cm³/mol. The molecule has 0 saturated heterocycles. The van der Waals surface area contributed by atoms with E-state index in [2.05, 4.69) is 0 Å². The summed E-state index contributed by atoms with van der Waals surface area (Å²) in [5, 5.41) is 10.1. The fourth-order valence-corrected chi connectivity index (χ4v) is 2.16. The van der Waals surface area contributed by atoms with Crippen molar-refractivity contribution in [2.75, 3.05) is 0 Å². The minimum Gasteiger partial charge on any atom is -0.391 e. The number of hydrogen-bond acceptors (Lipinski definition) is 2. The third-order valence-corrected chi connectivity index (χ3v) is 3.39. The average molecular weight is 313 g/mol. The van der Waals surface area contributed by atoms with Crippen LogP contribution in [-0.2, 0) is 12.6 Å². The number of halogens is 4. The van der Waals surface area contributed by atoms with Gasteiger partial charge in [0.2, 0.25) is 0 Å². The predicted octanol–water partition coefficient (Wildman–Crippen LogP) is 3.45. The number of rotatable bonds is 4. The number of alkyl halides is 3. The van der Waals surface area contributed by atoms with Crippen LogP contribution in [0, 0.1) is 5.82 Å². The minimum atomic E-state index is -4.62. The summed E-state index contributed by atoms with van der Waals surface area (Å²) in [4.78, 5) is 0. The molecule has 0 saturated carbocycles. The van der Waals surface area contributed by atoms with E-state index >= 15 is 0 Å². The summed E-state index contributed by atoms with van der Waals surface area (Å²) in [7, 11) is 0. The standard InChI is InChI=1S/C16H15F4NO/c17-13-9-11(16(18,19)20)6-7-12(13)15(21)14(22)8-10-4-2-1-3-5-10/h1-7,9,14-15,22H,8,21H2/t14-,15+/m1/s1. The van der Waals surface area contributed by atoms with Crippen molar-refractivity contribution in [3.63, 3.8) is 0 Å². The molecule has 0 aliphatic rings. The van der Waals surface area contributed by atoms with E-state index in [1.54, 1.807) is 24.3 Å². The molecule has 2 aromatic carbocycles. The van der Waals surface area contributed by atoms with Crippen molar-refractivity contribution in [1.29, 1.82) is 0 Å². The average Bonchev–Trinajstić information content (AvgIpc) is 2.46. The summed E-state index contributed by atoms with van der Waals surface area (Å²) in [6.07, 6.45) is -5.54. The highest BCUT2D eigenvalue weighted by molar-refractivity contribution is 5.29. The van der Waals surface area contributed by atoms with E-state index in [0.717, 1.165) is 17.7 Å². The third kappa shape index (κ3) is 3.84. The molecule has 2 atom stereocenters. The van der Waals surface area contributed by atoms with E-state index in [1.165, 1.54) is 0 Å².